The first-order valence-corrected chi connectivity index (χ1v) is 13.3. The van der Waals surface area contributed by atoms with E-state index in [1.807, 2.05) is 0 Å². The molecule has 4 aromatic rings. The smallest absolute Gasteiger partial charge is 0.289 e. The van der Waals surface area contributed by atoms with Gasteiger partial charge in [-0.2, -0.15) is 0 Å². The topological polar surface area (TPSA) is 267 Å². The average Bonchev–Trinajstić information content (AvgIpc) is 2.90. The van der Waals surface area contributed by atoms with Crippen molar-refractivity contribution >= 4 is 42.8 Å². The third kappa shape index (κ3) is 8.49. The van der Waals surface area contributed by atoms with Crippen LogP contribution in [-0.2, 0) is 20.0 Å². The van der Waals surface area contributed by atoms with Crippen molar-refractivity contribution in [3.05, 3.63) is 118 Å². The molecule has 0 amide bonds. The van der Waals surface area contributed by atoms with E-state index in [1.165, 1.54) is 85.5 Å². The summed E-state index contributed by atoms with van der Waals surface area (Å²) in [6.45, 7) is 0. The van der Waals surface area contributed by atoms with Crippen LogP contribution < -0.4 is 9.44 Å². The zero-order chi connectivity index (χ0) is 27.8. The molecule has 212 valence electrons. The van der Waals surface area contributed by atoms with Crippen molar-refractivity contribution in [2.24, 2.45) is 0 Å². The maximum atomic E-state index is 12.1. The molecule has 40 heavy (non-hydrogen) atoms. The molecule has 0 bridgehead atoms. The summed E-state index contributed by atoms with van der Waals surface area (Å²) in [4.78, 5) is 26.9. The highest BCUT2D eigenvalue weighted by molar-refractivity contribution is 7.93. The Labute approximate surface area is 227 Å². The Morgan fingerprint density at radius 3 is 1.15 bits per heavy atom. The molecule has 0 aliphatic carbocycles. The molecular weight excluding hydrogens is 572 g/mol. The van der Waals surface area contributed by atoms with Gasteiger partial charge in [0.15, 0.2) is 9.79 Å². The standard InChI is InChI=1S/2C11H9N3O4S.2H2O/c2*15-14(16)10-3-1-2-4-11(10)19(17,18)13-9-5-7-12-8-6-9;;/h2*1-8H,(H,12,13);2*1H2. The predicted molar refractivity (Wildman–Crippen MR) is 144 cm³/mol. The lowest BCUT2D eigenvalue weighted by Crippen LogP contribution is -2.14. The minimum atomic E-state index is -4.01. The van der Waals surface area contributed by atoms with Crippen LogP contribution in [0.25, 0.3) is 0 Å². The number of nitro benzene ring substituents is 2. The number of sulfonamides is 2. The monoisotopic (exact) mass is 594 g/mol. The number of para-hydroxylation sites is 2. The van der Waals surface area contributed by atoms with Crippen LogP contribution in [0, 0.1) is 20.2 Å². The van der Waals surface area contributed by atoms with Gasteiger partial charge in [0.1, 0.15) is 0 Å². The van der Waals surface area contributed by atoms with E-state index in [9.17, 15) is 37.1 Å². The molecule has 0 saturated heterocycles. The summed E-state index contributed by atoms with van der Waals surface area (Å²) in [6, 6.07) is 16.1. The molecule has 2 aromatic heterocycles. The number of nitrogens with one attached hydrogen (secondary N) is 2. The van der Waals surface area contributed by atoms with E-state index in [4.69, 9.17) is 0 Å². The Bertz CT molecular complexity index is 1530. The van der Waals surface area contributed by atoms with E-state index in [0.717, 1.165) is 12.1 Å². The number of hydrogen-bond donors (Lipinski definition) is 2. The molecule has 0 spiro atoms. The highest BCUT2D eigenvalue weighted by Gasteiger charge is 2.26. The van der Waals surface area contributed by atoms with Gasteiger partial charge in [0.25, 0.3) is 31.4 Å². The molecule has 0 unspecified atom stereocenters. The third-order valence-electron chi connectivity index (χ3n) is 4.57. The maximum Gasteiger partial charge on any atom is 0.289 e. The van der Waals surface area contributed by atoms with E-state index in [-0.39, 0.29) is 32.1 Å². The fourth-order valence-electron chi connectivity index (χ4n) is 2.93. The largest absolute Gasteiger partial charge is 0.412 e. The number of aromatic nitrogens is 2. The van der Waals surface area contributed by atoms with Crippen LogP contribution in [0.5, 0.6) is 0 Å². The van der Waals surface area contributed by atoms with Gasteiger partial charge in [-0.3, -0.25) is 39.6 Å². The zero-order valence-electron chi connectivity index (χ0n) is 20.1. The summed E-state index contributed by atoms with van der Waals surface area (Å²) < 4.78 is 52.9. The maximum absolute atomic E-state index is 12.1. The minimum Gasteiger partial charge on any atom is -0.412 e. The molecule has 2 aromatic carbocycles. The van der Waals surface area contributed by atoms with Crippen LogP contribution in [0.15, 0.2) is 107 Å². The van der Waals surface area contributed by atoms with Crippen molar-refractivity contribution in [3.8, 4) is 0 Å². The minimum absolute atomic E-state index is 0. The predicted octanol–water partition coefficient (Wildman–Crippen LogP) is 1.93. The van der Waals surface area contributed by atoms with Crippen molar-refractivity contribution in [1.29, 1.82) is 0 Å². The van der Waals surface area contributed by atoms with E-state index < -0.39 is 41.3 Å². The van der Waals surface area contributed by atoms with Gasteiger partial charge in [-0.25, -0.2) is 16.8 Å². The van der Waals surface area contributed by atoms with Crippen LogP contribution in [-0.4, -0.2) is 47.6 Å². The summed E-state index contributed by atoms with van der Waals surface area (Å²) in [5.74, 6) is 0. The fourth-order valence-corrected chi connectivity index (χ4v) is 5.39. The highest BCUT2D eigenvalue weighted by atomic mass is 32.2. The van der Waals surface area contributed by atoms with Crippen LogP contribution in [0.2, 0.25) is 0 Å². The van der Waals surface area contributed by atoms with E-state index >= 15 is 0 Å². The van der Waals surface area contributed by atoms with Gasteiger partial charge in [0.2, 0.25) is 0 Å². The van der Waals surface area contributed by atoms with Crippen LogP contribution in [0.1, 0.15) is 0 Å². The fraction of sp³-hybridized carbons (Fsp3) is 0. The lowest BCUT2D eigenvalue weighted by molar-refractivity contribution is -0.388. The molecule has 0 radical (unpaired) electrons. The lowest BCUT2D eigenvalue weighted by Gasteiger charge is -2.07. The number of nitro groups is 2. The zero-order valence-corrected chi connectivity index (χ0v) is 21.7. The Morgan fingerprint density at radius 1 is 0.550 bits per heavy atom. The number of nitrogens with zero attached hydrogens (tertiary/aromatic N) is 4. The van der Waals surface area contributed by atoms with Gasteiger partial charge in [-0.05, 0) is 36.4 Å². The number of pyridine rings is 2. The molecule has 2 heterocycles. The summed E-state index contributed by atoms with van der Waals surface area (Å²) in [5.41, 5.74) is -0.366. The first kappa shape index (κ1) is 33.0. The summed E-state index contributed by atoms with van der Waals surface area (Å²) in [6.07, 6.45) is 5.66. The number of hydrogen-bond acceptors (Lipinski definition) is 10. The first-order chi connectivity index (χ1) is 18.0. The molecule has 4 rings (SSSR count). The molecule has 16 nitrogen and oxygen atoms in total. The third-order valence-corrected chi connectivity index (χ3v) is 7.43. The van der Waals surface area contributed by atoms with Crippen LogP contribution in [0.4, 0.5) is 22.7 Å². The Balaban J connectivity index is 0.000000381. The number of anilines is 2. The molecule has 0 saturated carbocycles. The highest BCUT2D eigenvalue weighted by Crippen LogP contribution is 2.26. The average molecular weight is 595 g/mol. The second kappa shape index (κ2) is 14.2. The van der Waals surface area contributed by atoms with Crippen molar-refractivity contribution in [3.63, 3.8) is 0 Å². The molecule has 6 N–H and O–H groups in total. The van der Waals surface area contributed by atoms with Gasteiger partial charge in [-0.15, -0.1) is 0 Å². The van der Waals surface area contributed by atoms with E-state index in [0.29, 0.717) is 0 Å². The second-order valence-corrected chi connectivity index (χ2v) is 10.4. The molecule has 0 fully saturated rings. The summed E-state index contributed by atoms with van der Waals surface area (Å²) >= 11 is 0. The summed E-state index contributed by atoms with van der Waals surface area (Å²) in [7, 11) is -8.02. The molecule has 0 atom stereocenters. The number of rotatable bonds is 8. The van der Waals surface area contributed by atoms with Crippen molar-refractivity contribution in [2.75, 3.05) is 9.44 Å². The molecule has 18 heteroatoms. The van der Waals surface area contributed by atoms with E-state index in [2.05, 4.69) is 19.4 Å². The van der Waals surface area contributed by atoms with Crippen molar-refractivity contribution in [2.45, 2.75) is 9.79 Å². The molecule has 0 aliphatic heterocycles. The summed E-state index contributed by atoms with van der Waals surface area (Å²) in [5, 5.41) is 21.6. The van der Waals surface area contributed by atoms with Crippen LogP contribution >= 0.6 is 0 Å². The quantitative estimate of drug-likeness (QED) is 0.221. The lowest BCUT2D eigenvalue weighted by atomic mass is 10.3. The Hall–Kier alpha value is -5.04. The van der Waals surface area contributed by atoms with E-state index in [1.54, 1.807) is 0 Å². The van der Waals surface area contributed by atoms with Gasteiger partial charge in [0, 0.05) is 36.9 Å². The van der Waals surface area contributed by atoms with Gasteiger partial charge in [-0.1, -0.05) is 24.3 Å². The van der Waals surface area contributed by atoms with Gasteiger partial charge < -0.3 is 11.0 Å². The molecular formula is C22H22N6O10S2. The van der Waals surface area contributed by atoms with Crippen LogP contribution in [0.3, 0.4) is 0 Å². The normalized spacial score (nSPS) is 10.4. The van der Waals surface area contributed by atoms with Crippen molar-refractivity contribution in [1.82, 2.24) is 9.97 Å². The van der Waals surface area contributed by atoms with Gasteiger partial charge >= 0.3 is 0 Å². The Kier molecular flexibility index (Phi) is 11.7. The second-order valence-electron chi connectivity index (χ2n) is 7.13. The Morgan fingerprint density at radius 2 is 0.850 bits per heavy atom. The van der Waals surface area contributed by atoms with Gasteiger partial charge in [0.05, 0.1) is 21.2 Å². The number of benzene rings is 2. The van der Waals surface area contributed by atoms with Crippen molar-refractivity contribution < 1.29 is 37.6 Å². The SMILES string of the molecule is O.O.O=[N+]([O-])c1ccccc1S(=O)(=O)Nc1ccncc1.O=[N+]([O-])c1ccccc1S(=O)(=O)Nc1ccncc1. The molecule has 0 aliphatic rings. The first-order valence-electron chi connectivity index (χ1n) is 10.3.